The highest BCUT2D eigenvalue weighted by molar-refractivity contribution is 4.98. The van der Waals surface area contributed by atoms with Gasteiger partial charge in [0, 0.05) is 19.6 Å². The Kier molecular flexibility index (Phi) is 8.20. The molecule has 0 unspecified atom stereocenters. The minimum absolute atomic E-state index is 0.140. The predicted molar refractivity (Wildman–Crippen MR) is 49.7 cm³/mol. The van der Waals surface area contributed by atoms with Crippen molar-refractivity contribution in [1.82, 2.24) is 0 Å². The molecule has 0 radical (unpaired) electrons. The normalized spacial score (nSPS) is 9.67. The van der Waals surface area contributed by atoms with Crippen LogP contribution >= 0.6 is 0 Å². The fourth-order valence-corrected chi connectivity index (χ4v) is 0.818. The first-order valence-corrected chi connectivity index (χ1v) is 4.54. The molecule has 0 bridgehead atoms. The van der Waals surface area contributed by atoms with Crippen molar-refractivity contribution in [3.05, 3.63) is 0 Å². The zero-order valence-corrected chi connectivity index (χ0v) is 8.22. The van der Waals surface area contributed by atoms with Crippen LogP contribution in [0.4, 0.5) is 0 Å². The molecule has 0 fully saturated rings. The zero-order chi connectivity index (χ0) is 9.23. The van der Waals surface area contributed by atoms with Gasteiger partial charge in [-0.05, 0) is 13.8 Å². The van der Waals surface area contributed by atoms with E-state index in [9.17, 15) is 0 Å². The molecule has 2 heteroatoms. The molecule has 0 saturated carbocycles. The molecule has 0 spiro atoms. The summed E-state index contributed by atoms with van der Waals surface area (Å²) in [5, 5.41) is 0. The number of rotatable bonds is 5. The molecule has 0 aliphatic carbocycles. The summed E-state index contributed by atoms with van der Waals surface area (Å²) in [5.41, 5.74) is 0. The van der Waals surface area contributed by atoms with Crippen molar-refractivity contribution in [1.29, 1.82) is 0 Å². The van der Waals surface area contributed by atoms with Crippen LogP contribution in [0.2, 0.25) is 0 Å². The molecule has 70 valence electrons. The molecule has 0 rings (SSSR count). The summed E-state index contributed by atoms with van der Waals surface area (Å²) in [6.45, 7) is 7.30. The number of ether oxygens (including phenoxy) is 2. The van der Waals surface area contributed by atoms with Crippen molar-refractivity contribution in [2.45, 2.75) is 39.9 Å². The van der Waals surface area contributed by atoms with E-state index in [0.29, 0.717) is 19.6 Å². The molecular formula is C10H18O2. The summed E-state index contributed by atoms with van der Waals surface area (Å²) in [4.78, 5) is 0. The van der Waals surface area contributed by atoms with Crippen LogP contribution in [-0.4, -0.2) is 19.5 Å². The average molecular weight is 170 g/mol. The van der Waals surface area contributed by atoms with E-state index in [4.69, 9.17) is 9.47 Å². The molecular weight excluding hydrogens is 152 g/mol. The van der Waals surface area contributed by atoms with Crippen LogP contribution < -0.4 is 0 Å². The van der Waals surface area contributed by atoms with Crippen molar-refractivity contribution in [2.75, 3.05) is 13.2 Å². The summed E-state index contributed by atoms with van der Waals surface area (Å²) in [5.74, 6) is 5.99. The second-order valence-electron chi connectivity index (χ2n) is 2.25. The third-order valence-electron chi connectivity index (χ3n) is 1.28. The van der Waals surface area contributed by atoms with Crippen LogP contribution in [0.25, 0.3) is 0 Å². The first-order chi connectivity index (χ1) is 5.85. The predicted octanol–water partition coefficient (Wildman–Crippen LogP) is 2.19. The number of hydrogen-bond donors (Lipinski definition) is 0. The highest BCUT2D eigenvalue weighted by atomic mass is 16.7. The minimum atomic E-state index is -0.140. The van der Waals surface area contributed by atoms with Crippen LogP contribution in [0, 0.1) is 11.8 Å². The van der Waals surface area contributed by atoms with E-state index >= 15 is 0 Å². The fraction of sp³-hybridized carbons (Fsp3) is 0.800. The van der Waals surface area contributed by atoms with E-state index in [-0.39, 0.29) is 6.29 Å². The summed E-state index contributed by atoms with van der Waals surface area (Å²) in [6.07, 6.45) is 1.43. The Hall–Kier alpha value is -0.520. The Labute approximate surface area is 75.3 Å². The molecule has 0 amide bonds. The van der Waals surface area contributed by atoms with Crippen molar-refractivity contribution < 1.29 is 9.47 Å². The van der Waals surface area contributed by atoms with Crippen LogP contribution in [0.1, 0.15) is 33.6 Å². The van der Waals surface area contributed by atoms with Gasteiger partial charge >= 0.3 is 0 Å². The van der Waals surface area contributed by atoms with Gasteiger partial charge in [-0.15, -0.1) is 5.92 Å². The second-order valence-corrected chi connectivity index (χ2v) is 2.25. The summed E-state index contributed by atoms with van der Waals surface area (Å²) in [7, 11) is 0. The maximum Gasteiger partial charge on any atom is 0.168 e. The maximum absolute atomic E-state index is 5.30. The molecule has 0 atom stereocenters. The SMILES string of the molecule is CCC#CCC(OCC)OCC. The Morgan fingerprint density at radius 2 is 1.58 bits per heavy atom. The van der Waals surface area contributed by atoms with Gasteiger partial charge in [0.25, 0.3) is 0 Å². The molecule has 0 saturated heterocycles. The molecule has 12 heavy (non-hydrogen) atoms. The van der Waals surface area contributed by atoms with Crippen LogP contribution in [0.15, 0.2) is 0 Å². The third kappa shape index (κ3) is 6.21. The lowest BCUT2D eigenvalue weighted by atomic mass is 10.4. The first-order valence-electron chi connectivity index (χ1n) is 4.54. The summed E-state index contributed by atoms with van der Waals surface area (Å²) < 4.78 is 10.6. The van der Waals surface area contributed by atoms with Gasteiger partial charge in [-0.25, -0.2) is 0 Å². The Morgan fingerprint density at radius 1 is 1.00 bits per heavy atom. The first kappa shape index (κ1) is 11.5. The summed E-state index contributed by atoms with van der Waals surface area (Å²) >= 11 is 0. The molecule has 0 N–H and O–H groups in total. The lowest BCUT2D eigenvalue weighted by Gasteiger charge is -2.13. The zero-order valence-electron chi connectivity index (χ0n) is 8.22. The van der Waals surface area contributed by atoms with Gasteiger partial charge in [0.15, 0.2) is 6.29 Å². The quantitative estimate of drug-likeness (QED) is 0.465. The minimum Gasteiger partial charge on any atom is -0.352 e. The van der Waals surface area contributed by atoms with E-state index in [1.807, 2.05) is 20.8 Å². The topological polar surface area (TPSA) is 18.5 Å². The Balaban J connectivity index is 3.61. The smallest absolute Gasteiger partial charge is 0.168 e. The van der Waals surface area contributed by atoms with Crippen LogP contribution in [0.3, 0.4) is 0 Å². The van der Waals surface area contributed by atoms with E-state index in [1.54, 1.807) is 0 Å². The Bertz CT molecular complexity index is 138. The molecule has 0 aromatic carbocycles. The van der Waals surface area contributed by atoms with Gasteiger partial charge in [0.2, 0.25) is 0 Å². The molecule has 0 aromatic rings. The van der Waals surface area contributed by atoms with E-state index < -0.39 is 0 Å². The highest BCUT2D eigenvalue weighted by Gasteiger charge is 2.03. The van der Waals surface area contributed by atoms with Gasteiger partial charge in [-0.3, -0.25) is 0 Å². The molecule has 0 aromatic heterocycles. The van der Waals surface area contributed by atoms with Crippen LogP contribution in [0.5, 0.6) is 0 Å². The van der Waals surface area contributed by atoms with Gasteiger partial charge in [-0.2, -0.15) is 0 Å². The maximum atomic E-state index is 5.30. The lowest BCUT2D eigenvalue weighted by molar-refractivity contribution is -0.131. The third-order valence-corrected chi connectivity index (χ3v) is 1.28. The molecule has 0 heterocycles. The fourth-order valence-electron chi connectivity index (χ4n) is 0.818. The van der Waals surface area contributed by atoms with E-state index in [0.717, 1.165) is 6.42 Å². The van der Waals surface area contributed by atoms with Crippen molar-refractivity contribution in [3.8, 4) is 11.8 Å². The molecule has 2 nitrogen and oxygen atoms in total. The number of hydrogen-bond acceptors (Lipinski definition) is 2. The van der Waals surface area contributed by atoms with Gasteiger partial charge in [0.1, 0.15) is 0 Å². The molecule has 0 aliphatic rings. The monoisotopic (exact) mass is 170 g/mol. The molecule has 0 aliphatic heterocycles. The highest BCUT2D eigenvalue weighted by Crippen LogP contribution is 1.99. The van der Waals surface area contributed by atoms with Crippen molar-refractivity contribution in [3.63, 3.8) is 0 Å². The average Bonchev–Trinajstić information content (AvgIpc) is 2.06. The van der Waals surface area contributed by atoms with Gasteiger partial charge in [0.05, 0.1) is 6.42 Å². The van der Waals surface area contributed by atoms with Crippen LogP contribution in [-0.2, 0) is 9.47 Å². The van der Waals surface area contributed by atoms with Crippen molar-refractivity contribution >= 4 is 0 Å². The van der Waals surface area contributed by atoms with Gasteiger partial charge in [-0.1, -0.05) is 12.8 Å². The van der Waals surface area contributed by atoms with E-state index in [1.165, 1.54) is 0 Å². The van der Waals surface area contributed by atoms with E-state index in [2.05, 4.69) is 11.8 Å². The standard InChI is InChI=1S/C10H18O2/c1-4-7-8-9-10(11-5-2)12-6-3/h10H,4-6,9H2,1-3H3. The van der Waals surface area contributed by atoms with Gasteiger partial charge < -0.3 is 9.47 Å². The van der Waals surface area contributed by atoms with Crippen molar-refractivity contribution in [2.24, 2.45) is 0 Å². The Morgan fingerprint density at radius 3 is 2.00 bits per heavy atom. The lowest BCUT2D eigenvalue weighted by Crippen LogP contribution is -2.16. The largest absolute Gasteiger partial charge is 0.352 e. The summed E-state index contributed by atoms with van der Waals surface area (Å²) in [6, 6.07) is 0. The second kappa shape index (κ2) is 8.58.